The van der Waals surface area contributed by atoms with Gasteiger partial charge in [0.15, 0.2) is 11.3 Å². The van der Waals surface area contributed by atoms with Gasteiger partial charge in [0.05, 0.1) is 11.6 Å². The van der Waals surface area contributed by atoms with E-state index in [1.54, 1.807) is 5.38 Å². The summed E-state index contributed by atoms with van der Waals surface area (Å²) < 4.78 is 0. The van der Waals surface area contributed by atoms with E-state index in [0.717, 1.165) is 12.3 Å². The fraction of sp³-hybridized carbons (Fsp3) is 0. The number of hydrazine groups is 1. The van der Waals surface area contributed by atoms with Crippen LogP contribution in [0.1, 0.15) is 10.4 Å². The molecule has 0 saturated heterocycles. The number of carbonyl (C=O) groups is 1. The zero-order chi connectivity index (χ0) is 13.8. The predicted octanol–water partition coefficient (Wildman–Crippen LogP) is 0.984. The highest BCUT2D eigenvalue weighted by Gasteiger charge is 2.19. The molecule has 2 aromatic rings. The Labute approximate surface area is 110 Å². The Hall–Kier alpha value is -2.59. The van der Waals surface area contributed by atoms with Crippen molar-refractivity contribution in [2.45, 2.75) is 0 Å². The first-order valence-electron chi connectivity index (χ1n) is 4.93. The summed E-state index contributed by atoms with van der Waals surface area (Å²) in [5, 5.41) is 15.2. The van der Waals surface area contributed by atoms with Gasteiger partial charge in [0.2, 0.25) is 0 Å². The van der Waals surface area contributed by atoms with Crippen molar-refractivity contribution in [1.82, 2.24) is 9.97 Å². The van der Waals surface area contributed by atoms with Crippen LogP contribution in [0.3, 0.4) is 0 Å². The van der Waals surface area contributed by atoms with E-state index >= 15 is 0 Å². The quantitative estimate of drug-likeness (QED) is 0.431. The van der Waals surface area contributed by atoms with E-state index in [0.29, 0.717) is 5.13 Å². The molecule has 10 heteroatoms. The molecule has 0 aliphatic rings. The molecular formula is C9H8N6O3S. The summed E-state index contributed by atoms with van der Waals surface area (Å²) in [5.41, 5.74) is 2.45. The molecule has 2 heterocycles. The first-order chi connectivity index (χ1) is 9.11. The number of rotatable bonds is 4. The first-order valence-corrected chi connectivity index (χ1v) is 5.81. The largest absolute Gasteiger partial charge is 0.364 e. The Balaban J connectivity index is 2.33. The number of amides is 1. The number of pyridine rings is 1. The molecule has 19 heavy (non-hydrogen) atoms. The van der Waals surface area contributed by atoms with Crippen molar-refractivity contribution in [3.63, 3.8) is 0 Å². The van der Waals surface area contributed by atoms with Crippen LogP contribution in [-0.2, 0) is 0 Å². The van der Waals surface area contributed by atoms with E-state index in [4.69, 9.17) is 5.84 Å². The van der Waals surface area contributed by atoms with Crippen molar-refractivity contribution in [2.75, 3.05) is 10.7 Å². The van der Waals surface area contributed by atoms with Crippen LogP contribution in [0.25, 0.3) is 0 Å². The van der Waals surface area contributed by atoms with Gasteiger partial charge in [-0.15, -0.1) is 11.3 Å². The number of nitro groups is 1. The average Bonchev–Trinajstić information content (AvgIpc) is 2.90. The number of carbonyl (C=O) groups excluding carboxylic acids is 1. The minimum Gasteiger partial charge on any atom is -0.358 e. The number of thiazole rings is 1. The first kappa shape index (κ1) is 12.9. The minimum atomic E-state index is -0.694. The Bertz CT molecular complexity index is 614. The summed E-state index contributed by atoms with van der Waals surface area (Å²) in [6.45, 7) is 0. The second-order valence-corrected chi connectivity index (χ2v) is 4.18. The lowest BCUT2D eigenvalue weighted by Crippen LogP contribution is -2.18. The summed E-state index contributed by atoms with van der Waals surface area (Å²) in [7, 11) is 0. The van der Waals surface area contributed by atoms with Crippen LogP contribution >= 0.6 is 11.3 Å². The number of nitrogens with zero attached hydrogens (tertiary/aromatic N) is 3. The lowest BCUT2D eigenvalue weighted by Gasteiger charge is -2.06. The lowest BCUT2D eigenvalue weighted by atomic mass is 10.2. The fourth-order valence-electron chi connectivity index (χ4n) is 1.30. The molecule has 0 atom stereocenters. The van der Waals surface area contributed by atoms with E-state index in [-0.39, 0.29) is 11.3 Å². The summed E-state index contributed by atoms with van der Waals surface area (Å²) in [4.78, 5) is 29.4. The highest BCUT2D eigenvalue weighted by atomic mass is 32.1. The van der Waals surface area contributed by atoms with Crippen LogP contribution in [0, 0.1) is 10.1 Å². The monoisotopic (exact) mass is 280 g/mol. The third-order valence-corrected chi connectivity index (χ3v) is 2.82. The topological polar surface area (TPSA) is 136 Å². The summed E-state index contributed by atoms with van der Waals surface area (Å²) in [6.07, 6.45) is 2.65. The number of nitrogens with two attached hydrogens (primary N) is 1. The smallest absolute Gasteiger partial charge is 0.358 e. The van der Waals surface area contributed by atoms with E-state index < -0.39 is 16.6 Å². The number of nitrogens with one attached hydrogen (secondary N) is 2. The van der Waals surface area contributed by atoms with Gasteiger partial charge in [-0.25, -0.2) is 4.98 Å². The molecule has 0 aliphatic carbocycles. The Morgan fingerprint density at radius 1 is 1.47 bits per heavy atom. The number of hydrogen-bond donors (Lipinski definition) is 3. The molecule has 9 nitrogen and oxygen atoms in total. The average molecular weight is 280 g/mol. The van der Waals surface area contributed by atoms with Crippen molar-refractivity contribution in [1.29, 1.82) is 0 Å². The van der Waals surface area contributed by atoms with Crippen molar-refractivity contribution in [3.05, 3.63) is 39.5 Å². The summed E-state index contributed by atoms with van der Waals surface area (Å²) >= 11 is 1.23. The number of aromatic nitrogens is 2. The zero-order valence-electron chi connectivity index (χ0n) is 9.36. The Kier molecular flexibility index (Phi) is 3.63. The lowest BCUT2D eigenvalue weighted by molar-refractivity contribution is -0.389. The van der Waals surface area contributed by atoms with E-state index in [1.807, 2.05) is 0 Å². The molecule has 0 saturated carbocycles. The van der Waals surface area contributed by atoms with Crippen molar-refractivity contribution in [2.24, 2.45) is 5.84 Å². The summed E-state index contributed by atoms with van der Waals surface area (Å²) in [6, 6.07) is 1.04. The third-order valence-electron chi connectivity index (χ3n) is 2.13. The van der Waals surface area contributed by atoms with Gasteiger partial charge in [0.25, 0.3) is 5.91 Å². The van der Waals surface area contributed by atoms with Gasteiger partial charge in [0.1, 0.15) is 5.69 Å². The molecule has 0 spiro atoms. The standard InChI is InChI=1S/C9H8N6O3S/c10-14-6-4-12-7(15(17)18)3-5(6)8(16)13-9-11-1-2-19-9/h1-4,14H,10H2,(H,11,13,16). The minimum absolute atomic E-state index is 0.0133. The molecule has 2 rings (SSSR count). The fourth-order valence-corrected chi connectivity index (χ4v) is 1.82. The van der Waals surface area contributed by atoms with Gasteiger partial charge >= 0.3 is 5.82 Å². The second kappa shape index (κ2) is 5.37. The van der Waals surface area contributed by atoms with E-state index in [1.165, 1.54) is 17.5 Å². The highest BCUT2D eigenvalue weighted by molar-refractivity contribution is 7.13. The molecule has 4 N–H and O–H groups in total. The molecule has 0 unspecified atom stereocenters. The second-order valence-electron chi connectivity index (χ2n) is 3.28. The van der Waals surface area contributed by atoms with Crippen LogP contribution < -0.4 is 16.6 Å². The normalized spacial score (nSPS) is 9.95. The van der Waals surface area contributed by atoms with Crippen LogP contribution in [0.2, 0.25) is 0 Å². The Morgan fingerprint density at radius 2 is 2.26 bits per heavy atom. The van der Waals surface area contributed by atoms with E-state index in [2.05, 4.69) is 20.7 Å². The maximum absolute atomic E-state index is 12.0. The van der Waals surface area contributed by atoms with Crippen molar-refractivity contribution < 1.29 is 9.72 Å². The summed E-state index contributed by atoms with van der Waals surface area (Å²) in [5.74, 6) is 4.23. The number of anilines is 2. The van der Waals surface area contributed by atoms with Gasteiger partial charge in [-0.3, -0.25) is 16.0 Å². The number of hydrogen-bond acceptors (Lipinski definition) is 8. The maximum Gasteiger partial charge on any atom is 0.364 e. The third kappa shape index (κ3) is 2.81. The number of nitrogen functional groups attached to an aromatic ring is 1. The van der Waals surface area contributed by atoms with E-state index in [9.17, 15) is 14.9 Å². The van der Waals surface area contributed by atoms with Gasteiger partial charge in [-0.05, 0) is 9.91 Å². The van der Waals surface area contributed by atoms with Crippen LogP contribution in [0.15, 0.2) is 23.8 Å². The van der Waals surface area contributed by atoms with Crippen molar-refractivity contribution in [3.8, 4) is 0 Å². The molecule has 2 aromatic heterocycles. The molecule has 0 aliphatic heterocycles. The van der Waals surface area contributed by atoms with Crippen LogP contribution in [0.5, 0.6) is 0 Å². The van der Waals surface area contributed by atoms with Gasteiger partial charge in [-0.1, -0.05) is 0 Å². The van der Waals surface area contributed by atoms with Crippen LogP contribution in [-0.4, -0.2) is 20.8 Å². The predicted molar refractivity (Wildman–Crippen MR) is 68.8 cm³/mol. The molecule has 98 valence electrons. The molecule has 0 radical (unpaired) electrons. The maximum atomic E-state index is 12.0. The molecule has 1 amide bonds. The Morgan fingerprint density at radius 3 is 2.84 bits per heavy atom. The van der Waals surface area contributed by atoms with Crippen molar-refractivity contribution >= 4 is 33.9 Å². The van der Waals surface area contributed by atoms with Crippen LogP contribution in [0.4, 0.5) is 16.6 Å². The highest BCUT2D eigenvalue weighted by Crippen LogP contribution is 2.20. The molecule has 0 aromatic carbocycles. The van der Waals surface area contributed by atoms with Gasteiger partial charge in [-0.2, -0.15) is 0 Å². The SMILES string of the molecule is NNc1cnc([N+](=O)[O-])cc1C(=O)Nc1nccs1. The van der Waals surface area contributed by atoms with Gasteiger partial charge in [0, 0.05) is 11.6 Å². The molecular weight excluding hydrogens is 272 g/mol. The molecule has 0 fully saturated rings. The zero-order valence-corrected chi connectivity index (χ0v) is 10.2. The molecule has 0 bridgehead atoms. The van der Waals surface area contributed by atoms with Gasteiger partial charge < -0.3 is 15.5 Å².